The van der Waals surface area contributed by atoms with E-state index in [-0.39, 0.29) is 11.9 Å². The number of carbonyl (C=O) groups excluding carboxylic acids is 1. The Hall–Kier alpha value is -2.08. The van der Waals surface area contributed by atoms with Crippen LogP contribution in [0.4, 0.5) is 0 Å². The van der Waals surface area contributed by atoms with Gasteiger partial charge in [0, 0.05) is 39.1 Å². The van der Waals surface area contributed by atoms with E-state index in [1.165, 1.54) is 0 Å². The number of aryl methyl sites for hydroxylation is 3. The third-order valence-corrected chi connectivity index (χ3v) is 4.36. The predicted octanol–water partition coefficient (Wildman–Crippen LogP) is 1.76. The van der Waals surface area contributed by atoms with Crippen LogP contribution in [0.3, 0.4) is 0 Å². The highest BCUT2D eigenvalue weighted by molar-refractivity contribution is 5.95. The number of piperazine rings is 1. The van der Waals surface area contributed by atoms with Gasteiger partial charge in [0.2, 0.25) is 0 Å². The first-order valence-corrected chi connectivity index (χ1v) is 7.51. The highest BCUT2D eigenvalue weighted by atomic mass is 16.3. The highest BCUT2D eigenvalue weighted by Crippen LogP contribution is 2.24. The molecule has 0 bridgehead atoms. The topological polar surface area (TPSA) is 54.5 Å². The van der Waals surface area contributed by atoms with Gasteiger partial charge in [-0.25, -0.2) is 4.98 Å². The highest BCUT2D eigenvalue weighted by Gasteiger charge is 2.32. The lowest BCUT2D eigenvalue weighted by molar-refractivity contribution is 0.0527. The van der Waals surface area contributed by atoms with E-state index < -0.39 is 0 Å². The molecule has 118 valence electrons. The third-order valence-electron chi connectivity index (χ3n) is 4.36. The van der Waals surface area contributed by atoms with Gasteiger partial charge in [-0.15, -0.1) is 0 Å². The fourth-order valence-electron chi connectivity index (χ4n) is 3.05. The minimum atomic E-state index is 0.0432. The molecular formula is C16H22N4O2. The van der Waals surface area contributed by atoms with Crippen molar-refractivity contribution < 1.29 is 9.21 Å². The molecule has 0 radical (unpaired) electrons. The van der Waals surface area contributed by atoms with Crippen molar-refractivity contribution in [1.29, 1.82) is 0 Å². The van der Waals surface area contributed by atoms with Gasteiger partial charge in [0.1, 0.15) is 17.3 Å². The van der Waals surface area contributed by atoms with Gasteiger partial charge in [-0.2, -0.15) is 0 Å². The summed E-state index contributed by atoms with van der Waals surface area (Å²) < 4.78 is 7.51. The lowest BCUT2D eigenvalue weighted by Crippen LogP contribution is -2.49. The molecule has 2 aromatic heterocycles. The standard InChI is InChI=1S/C16H22N4O2/c1-11-9-13(12(2)22-11)16(21)20-8-7-18(3)14(10-20)15-17-5-6-19(15)4/h5-6,9,14H,7-8,10H2,1-4H3/t14-/m1/s1. The van der Waals surface area contributed by atoms with Gasteiger partial charge in [0.15, 0.2) is 0 Å². The quantitative estimate of drug-likeness (QED) is 0.848. The van der Waals surface area contributed by atoms with E-state index in [4.69, 9.17) is 4.42 Å². The largest absolute Gasteiger partial charge is 0.466 e. The Balaban J connectivity index is 1.83. The van der Waals surface area contributed by atoms with Crippen LogP contribution in [0.25, 0.3) is 0 Å². The van der Waals surface area contributed by atoms with Crippen molar-refractivity contribution in [2.75, 3.05) is 26.7 Å². The van der Waals surface area contributed by atoms with Crippen molar-refractivity contribution in [3.8, 4) is 0 Å². The SMILES string of the molecule is Cc1cc(C(=O)N2CCN(C)[C@@H](c3nccn3C)C2)c(C)o1. The van der Waals surface area contributed by atoms with Crippen LogP contribution in [0.5, 0.6) is 0 Å². The van der Waals surface area contributed by atoms with E-state index in [2.05, 4.69) is 16.9 Å². The number of hydrogen-bond acceptors (Lipinski definition) is 4. The van der Waals surface area contributed by atoms with Crippen LogP contribution < -0.4 is 0 Å². The zero-order valence-electron chi connectivity index (χ0n) is 13.5. The molecule has 1 aliphatic heterocycles. The average Bonchev–Trinajstić information content (AvgIpc) is 3.04. The molecule has 0 aliphatic carbocycles. The summed E-state index contributed by atoms with van der Waals surface area (Å²) in [6.45, 7) is 5.90. The molecule has 0 aromatic carbocycles. The Labute approximate surface area is 130 Å². The number of likely N-dealkylation sites (N-methyl/N-ethyl adjacent to an activating group) is 1. The van der Waals surface area contributed by atoms with Gasteiger partial charge in [-0.05, 0) is 27.0 Å². The second-order valence-electron chi connectivity index (χ2n) is 5.97. The Bertz CT molecular complexity index is 688. The van der Waals surface area contributed by atoms with Crippen LogP contribution in [-0.2, 0) is 7.05 Å². The number of nitrogens with zero attached hydrogens (tertiary/aromatic N) is 4. The molecule has 22 heavy (non-hydrogen) atoms. The molecular weight excluding hydrogens is 280 g/mol. The van der Waals surface area contributed by atoms with Crippen LogP contribution in [-0.4, -0.2) is 51.9 Å². The molecule has 0 unspecified atom stereocenters. The maximum atomic E-state index is 12.8. The number of carbonyl (C=O) groups is 1. The van der Waals surface area contributed by atoms with Crippen molar-refractivity contribution in [3.05, 3.63) is 41.4 Å². The molecule has 1 saturated heterocycles. The second-order valence-corrected chi connectivity index (χ2v) is 5.97. The molecule has 0 N–H and O–H groups in total. The van der Waals surface area contributed by atoms with E-state index in [9.17, 15) is 4.79 Å². The summed E-state index contributed by atoms with van der Waals surface area (Å²) in [5.74, 6) is 2.49. The smallest absolute Gasteiger partial charge is 0.257 e. The summed E-state index contributed by atoms with van der Waals surface area (Å²) in [5, 5.41) is 0. The lowest BCUT2D eigenvalue weighted by atomic mass is 10.1. The molecule has 6 nitrogen and oxygen atoms in total. The van der Waals surface area contributed by atoms with Gasteiger partial charge in [0.05, 0.1) is 11.6 Å². The summed E-state index contributed by atoms with van der Waals surface area (Å²) in [6, 6.07) is 1.94. The van der Waals surface area contributed by atoms with Crippen LogP contribution in [0.15, 0.2) is 22.9 Å². The molecule has 6 heteroatoms. The first-order chi connectivity index (χ1) is 10.5. The van der Waals surface area contributed by atoms with E-state index in [0.717, 1.165) is 24.7 Å². The normalized spacial score (nSPS) is 19.6. The molecule has 3 rings (SSSR count). The fourth-order valence-corrected chi connectivity index (χ4v) is 3.05. The first-order valence-electron chi connectivity index (χ1n) is 7.51. The van der Waals surface area contributed by atoms with E-state index >= 15 is 0 Å². The summed E-state index contributed by atoms with van der Waals surface area (Å²) in [7, 11) is 4.06. The van der Waals surface area contributed by atoms with Crippen LogP contribution >= 0.6 is 0 Å². The first kappa shape index (κ1) is 14.8. The predicted molar refractivity (Wildman–Crippen MR) is 82.7 cm³/mol. The monoisotopic (exact) mass is 302 g/mol. The molecule has 2 aromatic rings. The number of aromatic nitrogens is 2. The fraction of sp³-hybridized carbons (Fsp3) is 0.500. The van der Waals surface area contributed by atoms with Gasteiger partial charge >= 0.3 is 0 Å². The molecule has 1 atom stereocenters. The van der Waals surface area contributed by atoms with Crippen molar-refractivity contribution in [1.82, 2.24) is 19.4 Å². The van der Waals surface area contributed by atoms with Gasteiger partial charge in [0.25, 0.3) is 5.91 Å². The van der Waals surface area contributed by atoms with Crippen molar-refractivity contribution >= 4 is 5.91 Å². The third kappa shape index (κ3) is 2.54. The molecule has 0 saturated carbocycles. The minimum Gasteiger partial charge on any atom is -0.466 e. The number of rotatable bonds is 2. The number of amides is 1. The molecule has 3 heterocycles. The molecule has 1 aliphatic rings. The maximum absolute atomic E-state index is 12.8. The summed E-state index contributed by atoms with van der Waals surface area (Å²) >= 11 is 0. The van der Waals surface area contributed by atoms with Crippen molar-refractivity contribution in [2.45, 2.75) is 19.9 Å². The van der Waals surface area contributed by atoms with Crippen LogP contribution in [0.2, 0.25) is 0 Å². The van der Waals surface area contributed by atoms with Crippen molar-refractivity contribution in [3.63, 3.8) is 0 Å². The molecule has 1 fully saturated rings. The molecule has 0 spiro atoms. The molecule has 1 amide bonds. The van der Waals surface area contributed by atoms with E-state index in [0.29, 0.717) is 17.9 Å². The van der Waals surface area contributed by atoms with E-state index in [1.54, 1.807) is 6.20 Å². The Morgan fingerprint density at radius 1 is 1.32 bits per heavy atom. The second kappa shape index (κ2) is 5.61. The summed E-state index contributed by atoms with van der Waals surface area (Å²) in [6.07, 6.45) is 3.74. The Morgan fingerprint density at radius 2 is 2.09 bits per heavy atom. The maximum Gasteiger partial charge on any atom is 0.257 e. The number of furan rings is 1. The zero-order valence-corrected chi connectivity index (χ0v) is 13.5. The number of imidazole rings is 1. The Kier molecular flexibility index (Phi) is 3.78. The Morgan fingerprint density at radius 3 is 2.68 bits per heavy atom. The average molecular weight is 302 g/mol. The van der Waals surface area contributed by atoms with Gasteiger partial charge in [-0.1, -0.05) is 0 Å². The van der Waals surface area contributed by atoms with Gasteiger partial charge < -0.3 is 13.9 Å². The number of hydrogen-bond donors (Lipinski definition) is 0. The van der Waals surface area contributed by atoms with E-state index in [1.807, 2.05) is 42.6 Å². The van der Waals surface area contributed by atoms with Gasteiger partial charge in [-0.3, -0.25) is 9.69 Å². The lowest BCUT2D eigenvalue weighted by Gasteiger charge is -2.38. The summed E-state index contributed by atoms with van der Waals surface area (Å²) in [4.78, 5) is 21.4. The van der Waals surface area contributed by atoms with Crippen molar-refractivity contribution in [2.24, 2.45) is 7.05 Å². The van der Waals surface area contributed by atoms with Crippen LogP contribution in [0.1, 0.15) is 33.7 Å². The summed E-state index contributed by atoms with van der Waals surface area (Å²) in [5.41, 5.74) is 0.667. The van der Waals surface area contributed by atoms with Crippen LogP contribution in [0, 0.1) is 13.8 Å². The minimum absolute atomic E-state index is 0.0432. The zero-order chi connectivity index (χ0) is 15.9.